The molecule has 0 saturated heterocycles. The van der Waals surface area contributed by atoms with Gasteiger partial charge >= 0.3 is 5.97 Å². The maximum atomic E-state index is 11.0. The van der Waals surface area contributed by atoms with Gasteiger partial charge in [-0.3, -0.25) is 9.59 Å². The number of carboxylic acid groups (broad SMARTS) is 1. The van der Waals surface area contributed by atoms with Crippen LogP contribution in [0.2, 0.25) is 0 Å². The first-order chi connectivity index (χ1) is 7.09. The lowest BCUT2D eigenvalue weighted by Crippen LogP contribution is -2.41. The molecule has 0 unspecified atom stereocenters. The topological polar surface area (TPSA) is 66.4 Å². The van der Waals surface area contributed by atoms with Gasteiger partial charge in [0.25, 0.3) is 0 Å². The van der Waals surface area contributed by atoms with Crippen LogP contribution in [0.3, 0.4) is 0 Å². The molecule has 1 rings (SSSR count). The summed E-state index contributed by atoms with van der Waals surface area (Å²) in [6.45, 7) is 1.44. The van der Waals surface area contributed by atoms with Crippen LogP contribution in [0.1, 0.15) is 45.4 Å². The number of hydrogen-bond donors (Lipinski definition) is 2. The highest BCUT2D eigenvalue weighted by molar-refractivity contribution is 5.75. The Morgan fingerprint density at radius 2 is 1.93 bits per heavy atom. The number of carbonyl (C=O) groups excluding carboxylic acids is 1. The van der Waals surface area contributed by atoms with E-state index >= 15 is 0 Å². The minimum Gasteiger partial charge on any atom is -0.481 e. The monoisotopic (exact) mass is 213 g/mol. The number of nitrogens with one attached hydrogen (secondary N) is 1. The maximum Gasteiger partial charge on any atom is 0.305 e. The van der Waals surface area contributed by atoms with Crippen molar-refractivity contribution in [2.75, 3.05) is 0 Å². The second-order valence-corrected chi connectivity index (χ2v) is 4.30. The van der Waals surface area contributed by atoms with E-state index in [9.17, 15) is 9.59 Å². The molecule has 0 spiro atoms. The van der Waals surface area contributed by atoms with E-state index < -0.39 is 5.97 Å². The van der Waals surface area contributed by atoms with Crippen LogP contribution in [-0.4, -0.2) is 23.0 Å². The van der Waals surface area contributed by atoms with Crippen molar-refractivity contribution in [3.8, 4) is 0 Å². The third-order valence-corrected chi connectivity index (χ3v) is 3.00. The predicted octanol–water partition coefficient (Wildman–Crippen LogP) is 1.55. The van der Waals surface area contributed by atoms with E-state index in [4.69, 9.17) is 5.11 Å². The Balaban J connectivity index is 2.52. The number of carbonyl (C=O) groups is 2. The van der Waals surface area contributed by atoms with Gasteiger partial charge in [0.15, 0.2) is 0 Å². The molecule has 15 heavy (non-hydrogen) atoms. The summed E-state index contributed by atoms with van der Waals surface area (Å²) < 4.78 is 0. The van der Waals surface area contributed by atoms with Gasteiger partial charge in [-0.15, -0.1) is 0 Å². The summed E-state index contributed by atoms with van der Waals surface area (Å²) in [6, 6.07) is -0.180. The van der Waals surface area contributed by atoms with Gasteiger partial charge in [0.05, 0.1) is 6.42 Å². The lowest BCUT2D eigenvalue weighted by atomic mass is 9.82. The minimum absolute atomic E-state index is 0.0459. The van der Waals surface area contributed by atoms with Crippen LogP contribution in [0.5, 0.6) is 0 Å². The quantitative estimate of drug-likeness (QED) is 0.744. The fourth-order valence-corrected chi connectivity index (χ4v) is 2.32. The Morgan fingerprint density at radius 1 is 1.33 bits per heavy atom. The number of hydrogen-bond acceptors (Lipinski definition) is 2. The number of amides is 1. The van der Waals surface area contributed by atoms with Crippen LogP contribution in [-0.2, 0) is 9.59 Å². The molecule has 1 aliphatic rings. The van der Waals surface area contributed by atoms with Crippen molar-refractivity contribution in [2.24, 2.45) is 5.92 Å². The van der Waals surface area contributed by atoms with E-state index in [2.05, 4.69) is 5.32 Å². The fraction of sp³-hybridized carbons (Fsp3) is 0.818. The number of aliphatic carboxylic acids is 1. The third-order valence-electron chi connectivity index (χ3n) is 3.00. The molecule has 0 aromatic carbocycles. The van der Waals surface area contributed by atoms with E-state index in [0.717, 1.165) is 25.7 Å². The van der Waals surface area contributed by atoms with E-state index in [1.54, 1.807) is 0 Å². The summed E-state index contributed by atoms with van der Waals surface area (Å²) in [6.07, 6.45) is 5.66. The molecule has 4 nitrogen and oxygen atoms in total. The highest BCUT2D eigenvalue weighted by Gasteiger charge is 2.26. The lowest BCUT2D eigenvalue weighted by Gasteiger charge is -2.29. The predicted molar refractivity (Wildman–Crippen MR) is 56.4 cm³/mol. The molecule has 0 heterocycles. The van der Waals surface area contributed by atoms with Gasteiger partial charge in [0, 0.05) is 13.0 Å². The average molecular weight is 213 g/mol. The maximum absolute atomic E-state index is 11.0. The number of carboxylic acids is 1. The first-order valence-electron chi connectivity index (χ1n) is 5.58. The van der Waals surface area contributed by atoms with Gasteiger partial charge in [0.1, 0.15) is 0 Å². The van der Waals surface area contributed by atoms with Gasteiger partial charge in [-0.25, -0.2) is 0 Å². The van der Waals surface area contributed by atoms with E-state index in [1.807, 2.05) is 0 Å². The van der Waals surface area contributed by atoms with Crippen LogP contribution < -0.4 is 5.32 Å². The van der Waals surface area contributed by atoms with Crippen LogP contribution in [0.15, 0.2) is 0 Å². The largest absolute Gasteiger partial charge is 0.481 e. The van der Waals surface area contributed by atoms with E-state index in [-0.39, 0.29) is 18.4 Å². The molecule has 0 aromatic rings. The molecule has 0 aliphatic heterocycles. The molecule has 1 amide bonds. The standard InChI is InChI=1S/C11H19NO3/c1-8(13)12-10(7-11(14)15)9-5-3-2-4-6-9/h9-10H,2-7H2,1H3,(H,12,13)(H,14,15)/t10-/m1/s1. The van der Waals surface area contributed by atoms with Crippen LogP contribution in [0, 0.1) is 5.92 Å². The average Bonchev–Trinajstić information content (AvgIpc) is 2.17. The van der Waals surface area contributed by atoms with Gasteiger partial charge in [-0.05, 0) is 18.8 Å². The first-order valence-corrected chi connectivity index (χ1v) is 5.58. The Hall–Kier alpha value is -1.06. The highest BCUT2D eigenvalue weighted by atomic mass is 16.4. The van der Waals surface area contributed by atoms with Crippen molar-refractivity contribution in [3.05, 3.63) is 0 Å². The van der Waals surface area contributed by atoms with Crippen molar-refractivity contribution in [2.45, 2.75) is 51.5 Å². The van der Waals surface area contributed by atoms with E-state index in [1.165, 1.54) is 13.3 Å². The Labute approximate surface area is 90.0 Å². The zero-order valence-corrected chi connectivity index (χ0v) is 9.16. The zero-order valence-electron chi connectivity index (χ0n) is 9.16. The van der Waals surface area contributed by atoms with E-state index in [0.29, 0.717) is 5.92 Å². The Bertz CT molecular complexity index is 218. The lowest BCUT2D eigenvalue weighted by molar-refractivity contribution is -0.138. The molecule has 1 fully saturated rings. The van der Waals surface area contributed by atoms with Crippen LogP contribution in [0.25, 0.3) is 0 Å². The molecule has 1 aliphatic carbocycles. The molecular formula is C11H19NO3. The van der Waals surface area contributed by atoms with Crippen molar-refractivity contribution in [1.29, 1.82) is 0 Å². The van der Waals surface area contributed by atoms with Gasteiger partial charge in [0.2, 0.25) is 5.91 Å². The summed E-state index contributed by atoms with van der Waals surface area (Å²) in [4.78, 5) is 21.7. The zero-order chi connectivity index (χ0) is 11.3. The summed E-state index contributed by atoms with van der Waals surface area (Å²) >= 11 is 0. The SMILES string of the molecule is CC(=O)N[C@H](CC(=O)O)C1CCCCC1. The minimum atomic E-state index is -0.834. The molecule has 0 bridgehead atoms. The smallest absolute Gasteiger partial charge is 0.305 e. The second kappa shape index (κ2) is 5.73. The Kier molecular flexibility index (Phi) is 4.59. The molecular weight excluding hydrogens is 194 g/mol. The summed E-state index contributed by atoms with van der Waals surface area (Å²) in [7, 11) is 0. The molecule has 1 atom stereocenters. The van der Waals surface area contributed by atoms with Gasteiger partial charge in [-0.1, -0.05) is 19.3 Å². The van der Waals surface area contributed by atoms with Crippen molar-refractivity contribution < 1.29 is 14.7 Å². The van der Waals surface area contributed by atoms with Crippen molar-refractivity contribution in [3.63, 3.8) is 0 Å². The van der Waals surface area contributed by atoms with Crippen molar-refractivity contribution in [1.82, 2.24) is 5.32 Å². The normalized spacial score (nSPS) is 19.5. The molecule has 2 N–H and O–H groups in total. The summed E-state index contributed by atoms with van der Waals surface area (Å²) in [5, 5.41) is 11.5. The summed E-state index contributed by atoms with van der Waals surface area (Å²) in [5.74, 6) is -0.620. The Morgan fingerprint density at radius 3 is 2.40 bits per heavy atom. The second-order valence-electron chi connectivity index (χ2n) is 4.30. The number of rotatable bonds is 4. The first kappa shape index (κ1) is 12.0. The highest BCUT2D eigenvalue weighted by Crippen LogP contribution is 2.27. The molecule has 0 radical (unpaired) electrons. The molecule has 1 saturated carbocycles. The molecule has 0 aromatic heterocycles. The van der Waals surface area contributed by atoms with Crippen LogP contribution >= 0.6 is 0 Å². The van der Waals surface area contributed by atoms with Gasteiger partial charge < -0.3 is 10.4 Å². The molecule has 4 heteroatoms. The third kappa shape index (κ3) is 4.32. The summed E-state index contributed by atoms with van der Waals surface area (Å²) in [5.41, 5.74) is 0. The van der Waals surface area contributed by atoms with Crippen molar-refractivity contribution >= 4 is 11.9 Å². The fourth-order valence-electron chi connectivity index (χ4n) is 2.32. The van der Waals surface area contributed by atoms with Gasteiger partial charge in [-0.2, -0.15) is 0 Å². The van der Waals surface area contributed by atoms with Crippen LogP contribution in [0.4, 0.5) is 0 Å². The molecule has 86 valence electrons.